The lowest BCUT2D eigenvalue weighted by molar-refractivity contribution is 0.238. The van der Waals surface area contributed by atoms with Crippen LogP contribution in [0.2, 0.25) is 0 Å². The van der Waals surface area contributed by atoms with E-state index >= 15 is 4.57 Å². The molecule has 0 unspecified atom stereocenters. The largest absolute Gasteiger partial charge is 0.313 e. The van der Waals surface area contributed by atoms with Crippen LogP contribution in [0.25, 0.3) is 74.0 Å². The average Bonchev–Trinajstić information content (AvgIpc) is 4.09. The van der Waals surface area contributed by atoms with Gasteiger partial charge in [0.25, 0.3) is 0 Å². The van der Waals surface area contributed by atoms with Crippen molar-refractivity contribution in [3.05, 3.63) is 134 Å². The summed E-state index contributed by atoms with van der Waals surface area (Å²) in [7, 11) is -3.10. The first-order chi connectivity index (χ1) is 32.5. The highest BCUT2D eigenvalue weighted by Gasteiger charge is 2.49. The van der Waals surface area contributed by atoms with Gasteiger partial charge in [-0.15, -0.1) is 22.7 Å². The van der Waals surface area contributed by atoms with Crippen LogP contribution in [-0.2, 0) is 36.7 Å². The molecule has 0 spiro atoms. The minimum Gasteiger partial charge on any atom is -0.313 e. The maximum absolute atomic E-state index is 17.2. The molecule has 0 bridgehead atoms. The monoisotopic (exact) mass is 936 g/mol. The van der Waals surface area contributed by atoms with Gasteiger partial charge in [-0.2, -0.15) is 0 Å². The van der Waals surface area contributed by atoms with Crippen molar-refractivity contribution < 1.29 is 4.57 Å². The first kappa shape index (κ1) is 45.2. The molecule has 8 aromatic rings. The highest BCUT2D eigenvalue weighted by molar-refractivity contribution is 7.82. The lowest BCUT2D eigenvalue weighted by Crippen LogP contribution is -2.34. The number of hydrogen-bond acceptors (Lipinski definition) is 3. The molecular formula is C63H69OPS2. The summed E-state index contributed by atoms with van der Waals surface area (Å²) in [5, 5.41) is 9.36. The third-order valence-electron chi connectivity index (χ3n) is 16.3. The third-order valence-corrected chi connectivity index (χ3v) is 22.4. The van der Waals surface area contributed by atoms with Crippen molar-refractivity contribution >= 4 is 87.5 Å². The fourth-order valence-electron chi connectivity index (χ4n) is 13.6. The number of aryl methyl sites for hydroxylation is 4. The topological polar surface area (TPSA) is 17.1 Å². The van der Waals surface area contributed by atoms with E-state index in [1.807, 2.05) is 11.3 Å². The summed E-state index contributed by atoms with van der Waals surface area (Å²) in [6.45, 7) is 21.2. The van der Waals surface area contributed by atoms with Crippen LogP contribution in [0.3, 0.4) is 0 Å². The van der Waals surface area contributed by atoms with Crippen LogP contribution in [0.5, 0.6) is 0 Å². The van der Waals surface area contributed by atoms with Crippen LogP contribution in [-0.4, -0.2) is 5.66 Å². The van der Waals surface area contributed by atoms with Gasteiger partial charge >= 0.3 is 0 Å². The van der Waals surface area contributed by atoms with Gasteiger partial charge in [-0.25, -0.2) is 0 Å². The van der Waals surface area contributed by atoms with Gasteiger partial charge in [0.15, 0.2) is 0 Å². The summed E-state index contributed by atoms with van der Waals surface area (Å²) in [6.07, 6.45) is 15.7. The van der Waals surface area contributed by atoms with Gasteiger partial charge in [0.05, 0.1) is 0 Å². The van der Waals surface area contributed by atoms with Crippen molar-refractivity contribution in [2.24, 2.45) is 17.8 Å². The van der Waals surface area contributed by atoms with Crippen molar-refractivity contribution in [3.63, 3.8) is 0 Å². The van der Waals surface area contributed by atoms with Crippen molar-refractivity contribution in [1.29, 1.82) is 0 Å². The van der Waals surface area contributed by atoms with E-state index in [0.717, 1.165) is 86.8 Å². The summed E-state index contributed by atoms with van der Waals surface area (Å²) < 4.78 is 21.5. The normalized spacial score (nSPS) is 20.1. The van der Waals surface area contributed by atoms with Gasteiger partial charge in [-0.05, 0) is 185 Å². The Balaban J connectivity index is 1.28. The molecule has 344 valence electrons. The van der Waals surface area contributed by atoms with E-state index in [2.05, 4.69) is 159 Å². The first-order valence-corrected chi connectivity index (χ1v) is 29.5. The third kappa shape index (κ3) is 7.13. The van der Waals surface area contributed by atoms with Gasteiger partial charge in [-0.3, -0.25) is 0 Å². The quantitative estimate of drug-likeness (QED) is 0.112. The number of rotatable bonds is 12. The summed E-state index contributed by atoms with van der Waals surface area (Å²) >= 11 is 4.01. The Hall–Kier alpha value is -4.27. The summed E-state index contributed by atoms with van der Waals surface area (Å²) in [6, 6.07) is 30.4. The average molecular weight is 937 g/mol. The molecule has 67 heavy (non-hydrogen) atoms. The van der Waals surface area contributed by atoms with E-state index in [9.17, 15) is 0 Å². The maximum Gasteiger partial charge on any atom is 0.147 e. The minimum atomic E-state index is -3.10. The molecule has 0 radical (unpaired) electrons. The van der Waals surface area contributed by atoms with E-state index in [-0.39, 0.29) is 5.66 Å². The predicted octanol–water partition coefficient (Wildman–Crippen LogP) is 19.0. The van der Waals surface area contributed by atoms with Crippen LogP contribution in [0, 0.1) is 31.6 Å². The van der Waals surface area contributed by atoms with Crippen molar-refractivity contribution in [3.8, 4) is 21.6 Å². The number of benzene rings is 6. The minimum absolute atomic E-state index is 0.134. The van der Waals surface area contributed by atoms with Crippen molar-refractivity contribution in [1.82, 2.24) is 0 Å². The van der Waals surface area contributed by atoms with E-state index in [1.165, 1.54) is 85.7 Å². The zero-order valence-corrected chi connectivity index (χ0v) is 44.1. The molecule has 0 amide bonds. The van der Waals surface area contributed by atoms with Gasteiger partial charge in [0.2, 0.25) is 0 Å². The Bertz CT molecular complexity index is 3340. The lowest BCUT2D eigenvalue weighted by atomic mass is 9.77. The molecule has 1 nitrogen and oxygen atoms in total. The molecule has 0 saturated heterocycles. The number of hydrogen-bond donors (Lipinski definition) is 0. The number of fused-ring (bicyclic) bond motifs is 12. The fourth-order valence-corrected chi connectivity index (χ4v) is 20.4. The zero-order chi connectivity index (χ0) is 46.5. The SMILES string of the molecule is CCCc1c2c(c3cc4c(cc3c1CCC)C=C(c1ccccc1)[P@@]4(=O)[C@@H]1C[C@H](C)CC[C@H]1C(C)C)-c1c(c(CCC)c(CCC)c3sc4ccc5sc(-c6cc(C)cc(C)c6)cc5c4c13)C2. The molecule has 1 aliphatic heterocycles. The van der Waals surface area contributed by atoms with Gasteiger partial charge in [0.1, 0.15) is 7.14 Å². The lowest BCUT2D eigenvalue weighted by Gasteiger charge is -2.42. The van der Waals surface area contributed by atoms with Crippen molar-refractivity contribution in [2.75, 3.05) is 0 Å². The van der Waals surface area contributed by atoms with Crippen LogP contribution in [0.1, 0.15) is 149 Å². The standard InChI is InChI=1S/C63H69OPS2/c1-10-17-44-45(18-11-2)49-33-50-46(19-12-3)47(20-13-4)63-62(60-52-35-58(42-28-38(8)27-39(9)29-42)66-56(52)25-26-57(60)67-63)61(50)59(49)51-34-54-41(31-48(44)51)32-53(40-21-15-14-16-22-40)65(54,64)55-30-37(7)23-24-43(55)36(5)6/h14-16,21-22,25-29,31-32,34-37,43,55H,10-13,17-20,23-24,30,33H2,1-9H3/t37-,43+,55-,65+/m1/s1. The van der Waals surface area contributed by atoms with Crippen LogP contribution in [0.4, 0.5) is 0 Å². The highest BCUT2D eigenvalue weighted by Crippen LogP contribution is 2.71. The molecular weight excluding hydrogens is 868 g/mol. The molecule has 2 aromatic heterocycles. The molecule has 2 aliphatic carbocycles. The smallest absolute Gasteiger partial charge is 0.147 e. The Morgan fingerprint density at radius 1 is 0.642 bits per heavy atom. The van der Waals surface area contributed by atoms with Crippen LogP contribution >= 0.6 is 29.8 Å². The molecule has 0 N–H and O–H groups in total. The first-order valence-electron chi connectivity index (χ1n) is 26.0. The predicted molar refractivity (Wildman–Crippen MR) is 298 cm³/mol. The molecule has 4 heteroatoms. The molecule has 3 heterocycles. The van der Waals surface area contributed by atoms with Crippen LogP contribution < -0.4 is 5.30 Å². The second-order valence-electron chi connectivity index (χ2n) is 21.3. The number of thiophene rings is 2. The summed E-state index contributed by atoms with van der Waals surface area (Å²) in [4.78, 5) is 1.35. The van der Waals surface area contributed by atoms with Crippen molar-refractivity contribution in [2.45, 2.75) is 145 Å². The maximum atomic E-state index is 17.2. The van der Waals surface area contributed by atoms with Gasteiger partial charge in [-0.1, -0.05) is 140 Å². The van der Waals surface area contributed by atoms with E-state index in [1.54, 1.807) is 33.4 Å². The van der Waals surface area contributed by atoms with Gasteiger partial charge in [0, 0.05) is 51.4 Å². The van der Waals surface area contributed by atoms with E-state index < -0.39 is 7.14 Å². The van der Waals surface area contributed by atoms with Gasteiger partial charge < -0.3 is 4.57 Å². The highest BCUT2D eigenvalue weighted by atomic mass is 32.1. The fraction of sp³-hybridized carbons (Fsp3) is 0.397. The Kier molecular flexibility index (Phi) is 11.9. The molecule has 1 fully saturated rings. The Morgan fingerprint density at radius 3 is 2.00 bits per heavy atom. The second-order valence-corrected chi connectivity index (χ2v) is 26.4. The molecule has 6 aromatic carbocycles. The molecule has 1 saturated carbocycles. The summed E-state index contributed by atoms with van der Waals surface area (Å²) in [5.74, 6) is 1.47. The second kappa shape index (κ2) is 17.6. The van der Waals surface area contributed by atoms with E-state index in [4.69, 9.17) is 0 Å². The Morgan fingerprint density at radius 2 is 1.30 bits per heavy atom. The zero-order valence-electron chi connectivity index (χ0n) is 41.5. The molecule has 11 rings (SSSR count). The van der Waals surface area contributed by atoms with E-state index in [0.29, 0.717) is 17.8 Å². The molecule has 3 aliphatic rings. The summed E-state index contributed by atoms with van der Waals surface area (Å²) in [5.41, 5.74) is 19.0. The Labute approximate surface area is 408 Å². The van der Waals surface area contributed by atoms with Crippen LogP contribution in [0.15, 0.2) is 78.9 Å². The molecule has 4 atom stereocenters.